The Morgan fingerprint density at radius 1 is 1.02 bits per heavy atom. The third-order valence-corrected chi connectivity index (χ3v) is 13.9. The highest BCUT2D eigenvalue weighted by Gasteiger charge is 2.69. The van der Waals surface area contributed by atoms with Gasteiger partial charge in [0.15, 0.2) is 18.1 Å². The zero-order valence-electron chi connectivity index (χ0n) is 27.1. The molecular formula is C34H29N5O10S3. The summed E-state index contributed by atoms with van der Waals surface area (Å²) in [4.78, 5) is 68.6. The zero-order valence-corrected chi connectivity index (χ0v) is 29.5. The van der Waals surface area contributed by atoms with Crippen LogP contribution in [0.25, 0.3) is 0 Å². The van der Waals surface area contributed by atoms with Gasteiger partial charge in [-0.3, -0.25) is 34.2 Å². The van der Waals surface area contributed by atoms with Crippen molar-refractivity contribution in [2.75, 3.05) is 23.9 Å². The summed E-state index contributed by atoms with van der Waals surface area (Å²) >= 11 is 2.67. The number of nitrogens with zero attached hydrogens (tertiary/aromatic N) is 2. The summed E-state index contributed by atoms with van der Waals surface area (Å²) in [5.41, 5.74) is 1.34. The number of hydrogen-bond acceptors (Lipinski definition) is 12. The predicted molar refractivity (Wildman–Crippen MR) is 189 cm³/mol. The van der Waals surface area contributed by atoms with Gasteiger partial charge >= 0.3 is 4.87 Å². The molecular weight excluding hydrogens is 735 g/mol. The average molecular weight is 764 g/mol. The largest absolute Gasteiger partial charge is 0.493 e. The van der Waals surface area contributed by atoms with Gasteiger partial charge in [0, 0.05) is 33.9 Å². The molecule has 7 atom stereocenters. The number of aromatic nitrogens is 1. The van der Waals surface area contributed by atoms with E-state index in [0.29, 0.717) is 29.3 Å². The highest BCUT2D eigenvalue weighted by molar-refractivity contribution is 8.00. The first-order chi connectivity index (χ1) is 24.8. The number of methoxy groups -OCH3 is 1. The molecule has 3 fully saturated rings. The van der Waals surface area contributed by atoms with Gasteiger partial charge in [-0.05, 0) is 78.3 Å². The second kappa shape index (κ2) is 12.6. The van der Waals surface area contributed by atoms with Gasteiger partial charge in [-0.2, -0.15) is 0 Å². The van der Waals surface area contributed by atoms with Crippen molar-refractivity contribution in [3.8, 4) is 11.5 Å². The third kappa shape index (κ3) is 5.56. The fourth-order valence-corrected chi connectivity index (χ4v) is 11.8. The number of thioether (sulfide) groups is 1. The van der Waals surface area contributed by atoms with Gasteiger partial charge in [0.25, 0.3) is 11.6 Å². The quantitative estimate of drug-likeness (QED) is 0.127. The Morgan fingerprint density at radius 2 is 1.71 bits per heavy atom. The first-order valence-electron chi connectivity index (χ1n) is 16.1. The molecule has 4 N–H and O–H groups in total. The van der Waals surface area contributed by atoms with Crippen LogP contribution in [0, 0.1) is 39.7 Å². The minimum atomic E-state index is -3.88. The number of rotatable bonds is 9. The number of hydrogen-bond donors (Lipinski definition) is 3. The van der Waals surface area contributed by atoms with Crippen LogP contribution in [0.3, 0.4) is 0 Å². The van der Waals surface area contributed by atoms with E-state index in [-0.39, 0.29) is 62.8 Å². The van der Waals surface area contributed by atoms with Crippen LogP contribution in [0.5, 0.6) is 11.5 Å². The Hall–Kier alpha value is -5.04. The summed E-state index contributed by atoms with van der Waals surface area (Å²) in [7, 11) is -2.41. The molecule has 2 saturated carbocycles. The standard InChI is InChI=1S/C34H29N5O10S3/c1-48-23-12-15(2-11-22(23)49-14-24(40)36-16-3-9-19(10-4-16)52(35,46)47)25-26-20-13-21(29(26)50-31-30(25)51-34(43)37-31)28-27(20)32(41)38(33(28)42)17-5-7-18(8-6-17)39(44)45/h2-12,20-21,25-29H,13-14H2,1H3,(H,36,40)(H,37,43)(H2,35,46,47)/t20-,21-,25+,26-,27+,28+,29-/m1/s1. The van der Waals surface area contributed by atoms with Crippen molar-refractivity contribution in [2.45, 2.75) is 27.5 Å². The number of aromatic amines is 1. The Kier molecular flexibility index (Phi) is 8.24. The molecule has 4 aromatic rings. The zero-order chi connectivity index (χ0) is 36.6. The van der Waals surface area contributed by atoms with Crippen LogP contribution in [-0.2, 0) is 24.4 Å². The third-order valence-electron chi connectivity index (χ3n) is 10.4. The van der Waals surface area contributed by atoms with Crippen molar-refractivity contribution in [3.05, 3.63) is 97.0 Å². The maximum Gasteiger partial charge on any atom is 0.305 e. The molecule has 268 valence electrons. The fourth-order valence-electron chi connectivity index (χ4n) is 8.43. The SMILES string of the molecule is COc1cc([C@@H]2c3sc(=O)[nH]c3S[C@@H]3[C@@H]4C[C@@H]([C@@H]5C(=O)N(c6ccc([N+](=O)[O-])cc6)C(=O)[C@@H]45)[C@H]23)ccc1OCC(=O)Nc1ccc(S(N)(=O)=O)cc1. The van der Waals surface area contributed by atoms with Gasteiger partial charge in [0.2, 0.25) is 21.8 Å². The monoisotopic (exact) mass is 763 g/mol. The van der Waals surface area contributed by atoms with Crippen molar-refractivity contribution in [1.82, 2.24) is 4.98 Å². The van der Waals surface area contributed by atoms with E-state index in [9.17, 15) is 37.7 Å². The summed E-state index contributed by atoms with van der Waals surface area (Å²) in [6.07, 6.45) is 0.678. The molecule has 1 aromatic heterocycles. The second-order valence-corrected chi connectivity index (χ2v) is 16.8. The summed E-state index contributed by atoms with van der Waals surface area (Å²) in [6.45, 7) is -0.380. The Morgan fingerprint density at radius 3 is 2.37 bits per heavy atom. The highest BCUT2D eigenvalue weighted by Crippen LogP contribution is 2.68. The second-order valence-electron chi connectivity index (χ2n) is 13.1. The van der Waals surface area contributed by atoms with E-state index >= 15 is 0 Å². The number of primary sulfonamides is 1. The first-order valence-corrected chi connectivity index (χ1v) is 19.3. The van der Waals surface area contributed by atoms with E-state index in [0.717, 1.165) is 26.8 Å². The lowest BCUT2D eigenvalue weighted by Gasteiger charge is -2.43. The molecule has 2 aliphatic heterocycles. The van der Waals surface area contributed by atoms with E-state index in [1.807, 2.05) is 6.07 Å². The van der Waals surface area contributed by atoms with Gasteiger partial charge in [-0.15, -0.1) is 11.8 Å². The molecule has 18 heteroatoms. The Balaban J connectivity index is 1.05. The minimum Gasteiger partial charge on any atom is -0.493 e. The molecule has 0 radical (unpaired) electrons. The van der Waals surface area contributed by atoms with E-state index in [2.05, 4.69) is 10.3 Å². The number of anilines is 2. The van der Waals surface area contributed by atoms with E-state index in [4.69, 9.17) is 14.6 Å². The number of fused-ring (bicyclic) bond motifs is 9. The average Bonchev–Trinajstić information content (AvgIpc) is 3.85. The molecule has 3 amide bonds. The topological polar surface area (TPSA) is 221 Å². The molecule has 15 nitrogen and oxygen atoms in total. The maximum atomic E-state index is 14.0. The number of non-ortho nitro benzene ring substituents is 1. The number of benzene rings is 3. The number of nitro groups is 1. The summed E-state index contributed by atoms with van der Waals surface area (Å²) in [5, 5.41) is 19.6. The lowest BCUT2D eigenvalue weighted by atomic mass is 9.68. The smallest absolute Gasteiger partial charge is 0.305 e. The first kappa shape index (κ1) is 34.1. The normalized spacial score (nSPS) is 25.7. The molecule has 1 saturated heterocycles. The molecule has 52 heavy (non-hydrogen) atoms. The number of nitrogens with one attached hydrogen (secondary N) is 2. The van der Waals surface area contributed by atoms with E-state index in [1.54, 1.807) is 23.9 Å². The molecule has 0 unspecified atom stereocenters. The van der Waals surface area contributed by atoms with Crippen molar-refractivity contribution < 1.29 is 37.2 Å². The number of sulfonamides is 1. The van der Waals surface area contributed by atoms with Crippen molar-refractivity contribution >= 4 is 67.9 Å². The van der Waals surface area contributed by atoms with Crippen molar-refractivity contribution in [3.63, 3.8) is 0 Å². The van der Waals surface area contributed by atoms with Crippen molar-refractivity contribution in [2.24, 2.45) is 34.7 Å². The molecule has 3 heterocycles. The Bertz CT molecular complexity index is 2330. The molecule has 2 bridgehead atoms. The summed E-state index contributed by atoms with van der Waals surface area (Å²) in [5.74, 6) is -2.25. The van der Waals surface area contributed by atoms with Gasteiger partial charge in [0.05, 0.1) is 39.5 Å². The summed E-state index contributed by atoms with van der Waals surface area (Å²) in [6, 6.07) is 16.1. The highest BCUT2D eigenvalue weighted by atomic mass is 32.2. The number of carbonyl (C=O) groups excluding carboxylic acids is 3. The van der Waals surface area contributed by atoms with Crippen LogP contribution in [0.2, 0.25) is 0 Å². The number of H-pyrrole nitrogens is 1. The number of thiazole rings is 1. The van der Waals surface area contributed by atoms with Crippen LogP contribution in [-0.4, -0.2) is 55.0 Å². The molecule has 4 aliphatic rings. The number of ether oxygens (including phenoxy) is 2. The van der Waals surface area contributed by atoms with Crippen LogP contribution < -0.4 is 29.7 Å². The van der Waals surface area contributed by atoms with Gasteiger partial charge in [-0.25, -0.2) is 13.6 Å². The number of nitro benzene ring substituents is 1. The lowest BCUT2D eigenvalue weighted by molar-refractivity contribution is -0.384. The predicted octanol–water partition coefficient (Wildman–Crippen LogP) is 3.70. The maximum absolute atomic E-state index is 14.0. The van der Waals surface area contributed by atoms with Crippen molar-refractivity contribution in [1.29, 1.82) is 0 Å². The van der Waals surface area contributed by atoms with E-state index in [1.165, 1.54) is 60.5 Å². The van der Waals surface area contributed by atoms with Gasteiger partial charge < -0.3 is 19.8 Å². The fraction of sp³-hybridized carbons (Fsp3) is 0.294. The van der Waals surface area contributed by atoms with Gasteiger partial charge in [-0.1, -0.05) is 17.4 Å². The minimum absolute atomic E-state index is 0.0628. The molecule has 0 spiro atoms. The van der Waals surface area contributed by atoms with Crippen LogP contribution in [0.1, 0.15) is 22.8 Å². The number of amides is 3. The van der Waals surface area contributed by atoms with Crippen LogP contribution in [0.15, 0.2) is 81.4 Å². The van der Waals surface area contributed by atoms with Crippen LogP contribution in [0.4, 0.5) is 17.1 Å². The lowest BCUT2D eigenvalue weighted by Crippen LogP contribution is -2.42. The number of carbonyl (C=O) groups is 3. The summed E-state index contributed by atoms with van der Waals surface area (Å²) < 4.78 is 34.5. The Labute approximate surface area is 303 Å². The molecule has 3 aromatic carbocycles. The molecule has 8 rings (SSSR count). The number of imide groups is 1. The molecule has 2 aliphatic carbocycles. The number of nitrogens with two attached hydrogens (primary N) is 1. The van der Waals surface area contributed by atoms with Gasteiger partial charge in [0.1, 0.15) is 0 Å². The van der Waals surface area contributed by atoms with E-state index < -0.39 is 32.7 Å². The van der Waals surface area contributed by atoms with Crippen LogP contribution >= 0.6 is 23.1 Å².